The quantitative estimate of drug-likeness (QED) is 0.744. The summed E-state index contributed by atoms with van der Waals surface area (Å²) >= 11 is 0. The monoisotopic (exact) mass is 179 g/mol. The van der Waals surface area contributed by atoms with Crippen molar-refractivity contribution in [2.75, 3.05) is 0 Å². The predicted octanol–water partition coefficient (Wildman–Crippen LogP) is 1.86. The van der Waals surface area contributed by atoms with E-state index in [2.05, 4.69) is 6.92 Å². The Morgan fingerprint density at radius 3 is 2.62 bits per heavy atom. The van der Waals surface area contributed by atoms with Crippen LogP contribution in [0.4, 0.5) is 0 Å². The minimum atomic E-state index is -1.11. The first kappa shape index (κ1) is 9.58. The number of hydrogen-bond donors (Lipinski definition) is 2. The number of benzene rings is 1. The number of aromatic hydroxyl groups is 1. The first-order chi connectivity index (χ1) is 6.15. The van der Waals surface area contributed by atoms with Crippen LogP contribution in [0.25, 0.3) is 0 Å². The van der Waals surface area contributed by atoms with E-state index in [0.29, 0.717) is 0 Å². The number of rotatable bonds is 3. The molecule has 1 rings (SSSR count). The maximum Gasteiger partial charge on any atom is 0.339 e. The molecule has 1 aromatic rings. The van der Waals surface area contributed by atoms with Crippen LogP contribution in [0.3, 0.4) is 0 Å². The zero-order valence-corrected chi connectivity index (χ0v) is 7.16. The second-order valence-electron chi connectivity index (χ2n) is 2.76. The van der Waals surface area contributed by atoms with Crippen LogP contribution < -0.4 is 0 Å². The molecule has 0 bridgehead atoms. The number of carboxylic acids is 1. The highest BCUT2D eigenvalue weighted by atomic mass is 16.4. The van der Waals surface area contributed by atoms with E-state index in [1.165, 1.54) is 12.1 Å². The Balaban J connectivity index is 2.98. The lowest BCUT2D eigenvalue weighted by atomic mass is 10.1. The van der Waals surface area contributed by atoms with Gasteiger partial charge in [0, 0.05) is 0 Å². The fraction of sp³-hybridized carbons (Fsp3) is 0.200. The largest absolute Gasteiger partial charge is 0.507 e. The summed E-state index contributed by atoms with van der Waals surface area (Å²) in [5.74, 6) is -1.29. The number of carbonyl (C=O) groups is 1. The molecule has 1 aromatic carbocycles. The van der Waals surface area contributed by atoms with Gasteiger partial charge in [-0.25, -0.2) is 4.79 Å². The lowest BCUT2D eigenvalue weighted by Gasteiger charge is -2.02. The van der Waals surface area contributed by atoms with Gasteiger partial charge in [-0.1, -0.05) is 13.0 Å². The topological polar surface area (TPSA) is 57.5 Å². The van der Waals surface area contributed by atoms with Gasteiger partial charge in [-0.2, -0.15) is 0 Å². The maximum absolute atomic E-state index is 10.5. The maximum atomic E-state index is 10.5. The highest BCUT2D eigenvalue weighted by Crippen LogP contribution is 2.19. The Labute approximate surface area is 76.6 Å². The van der Waals surface area contributed by atoms with Crippen LogP contribution in [0.1, 0.15) is 22.3 Å². The SMILES string of the molecule is [CH2]CCc1ccc(C(=O)O)c(O)c1. The third kappa shape index (κ3) is 2.21. The van der Waals surface area contributed by atoms with Gasteiger partial charge in [0.25, 0.3) is 0 Å². The summed E-state index contributed by atoms with van der Waals surface area (Å²) in [5, 5.41) is 17.9. The minimum Gasteiger partial charge on any atom is -0.507 e. The lowest BCUT2D eigenvalue weighted by Crippen LogP contribution is -1.97. The van der Waals surface area contributed by atoms with Crippen LogP contribution in [-0.2, 0) is 6.42 Å². The molecule has 3 nitrogen and oxygen atoms in total. The van der Waals surface area contributed by atoms with Gasteiger partial charge >= 0.3 is 5.97 Å². The fourth-order valence-corrected chi connectivity index (χ4v) is 1.12. The molecule has 0 saturated carbocycles. The minimum absolute atomic E-state index is 0.0622. The number of carboxylic acid groups (broad SMARTS) is 1. The van der Waals surface area contributed by atoms with Crippen molar-refractivity contribution in [2.24, 2.45) is 0 Å². The van der Waals surface area contributed by atoms with Crippen LogP contribution in [-0.4, -0.2) is 16.2 Å². The average molecular weight is 179 g/mol. The van der Waals surface area contributed by atoms with E-state index in [0.717, 1.165) is 18.4 Å². The van der Waals surface area contributed by atoms with E-state index in [4.69, 9.17) is 5.11 Å². The normalized spacial score (nSPS) is 9.92. The summed E-state index contributed by atoms with van der Waals surface area (Å²) in [5.41, 5.74) is 0.838. The zero-order chi connectivity index (χ0) is 9.84. The standard InChI is InChI=1S/C10H11O3/c1-2-3-7-4-5-8(10(12)13)9(11)6-7/h4-6,11H,1-3H2,(H,12,13). The summed E-state index contributed by atoms with van der Waals surface area (Å²) in [7, 11) is 0. The number of aromatic carboxylic acids is 1. The van der Waals surface area contributed by atoms with E-state index in [-0.39, 0.29) is 11.3 Å². The fourth-order valence-electron chi connectivity index (χ4n) is 1.12. The van der Waals surface area contributed by atoms with Crippen molar-refractivity contribution in [2.45, 2.75) is 12.8 Å². The van der Waals surface area contributed by atoms with Crippen molar-refractivity contribution >= 4 is 5.97 Å². The van der Waals surface area contributed by atoms with E-state index in [9.17, 15) is 9.90 Å². The van der Waals surface area contributed by atoms with Gasteiger partial charge in [-0.05, 0) is 30.5 Å². The molecule has 1 radical (unpaired) electrons. The van der Waals surface area contributed by atoms with E-state index in [1.807, 2.05) is 0 Å². The zero-order valence-electron chi connectivity index (χ0n) is 7.16. The van der Waals surface area contributed by atoms with Gasteiger partial charge in [-0.15, -0.1) is 0 Å². The molecule has 2 N–H and O–H groups in total. The molecular weight excluding hydrogens is 168 g/mol. The summed E-state index contributed by atoms with van der Waals surface area (Å²) in [6.45, 7) is 3.67. The summed E-state index contributed by atoms with van der Waals surface area (Å²) < 4.78 is 0. The molecule has 3 heteroatoms. The van der Waals surface area contributed by atoms with E-state index >= 15 is 0 Å². The molecule has 0 aliphatic heterocycles. The molecule has 0 unspecified atom stereocenters. The Kier molecular flexibility index (Phi) is 2.90. The second kappa shape index (κ2) is 3.94. The lowest BCUT2D eigenvalue weighted by molar-refractivity contribution is 0.0693. The molecule has 0 atom stereocenters. The van der Waals surface area contributed by atoms with Crippen LogP contribution in [0, 0.1) is 6.92 Å². The van der Waals surface area contributed by atoms with Crippen molar-refractivity contribution in [3.05, 3.63) is 36.2 Å². The third-order valence-corrected chi connectivity index (χ3v) is 1.76. The van der Waals surface area contributed by atoms with Crippen molar-refractivity contribution in [3.63, 3.8) is 0 Å². The molecule has 69 valence electrons. The molecule has 0 aromatic heterocycles. The average Bonchev–Trinajstić information content (AvgIpc) is 2.04. The van der Waals surface area contributed by atoms with Crippen molar-refractivity contribution in [3.8, 4) is 5.75 Å². The van der Waals surface area contributed by atoms with E-state index in [1.54, 1.807) is 6.07 Å². The number of aryl methyl sites for hydroxylation is 1. The Bertz CT molecular complexity index is 318. The molecule has 13 heavy (non-hydrogen) atoms. The first-order valence-corrected chi connectivity index (χ1v) is 3.99. The highest BCUT2D eigenvalue weighted by Gasteiger charge is 2.08. The third-order valence-electron chi connectivity index (χ3n) is 1.76. The van der Waals surface area contributed by atoms with Crippen LogP contribution in [0.15, 0.2) is 18.2 Å². The van der Waals surface area contributed by atoms with E-state index < -0.39 is 5.97 Å². The van der Waals surface area contributed by atoms with Crippen LogP contribution in [0.2, 0.25) is 0 Å². The number of phenols is 1. The van der Waals surface area contributed by atoms with Crippen LogP contribution >= 0.6 is 0 Å². The molecule has 0 saturated heterocycles. The second-order valence-corrected chi connectivity index (χ2v) is 2.76. The summed E-state index contributed by atoms with van der Waals surface area (Å²) in [4.78, 5) is 10.5. The molecule has 0 spiro atoms. The Hall–Kier alpha value is -1.51. The van der Waals surface area contributed by atoms with Crippen molar-refractivity contribution < 1.29 is 15.0 Å². The van der Waals surface area contributed by atoms with Gasteiger partial charge in [-0.3, -0.25) is 0 Å². The van der Waals surface area contributed by atoms with Gasteiger partial charge in [0.15, 0.2) is 0 Å². The molecule has 0 aliphatic carbocycles. The van der Waals surface area contributed by atoms with Gasteiger partial charge < -0.3 is 10.2 Å². The molecule has 0 heterocycles. The highest BCUT2D eigenvalue weighted by molar-refractivity contribution is 5.90. The predicted molar refractivity (Wildman–Crippen MR) is 48.7 cm³/mol. The van der Waals surface area contributed by atoms with Gasteiger partial charge in [0.1, 0.15) is 11.3 Å². The van der Waals surface area contributed by atoms with Crippen molar-refractivity contribution in [1.82, 2.24) is 0 Å². The van der Waals surface area contributed by atoms with Crippen molar-refractivity contribution in [1.29, 1.82) is 0 Å². The molecule has 0 aliphatic rings. The summed E-state index contributed by atoms with van der Waals surface area (Å²) in [6, 6.07) is 4.56. The molecule has 0 amide bonds. The Morgan fingerprint density at radius 1 is 1.46 bits per heavy atom. The van der Waals surface area contributed by atoms with Crippen LogP contribution in [0.5, 0.6) is 5.75 Å². The Morgan fingerprint density at radius 2 is 2.15 bits per heavy atom. The van der Waals surface area contributed by atoms with Gasteiger partial charge in [0.2, 0.25) is 0 Å². The summed E-state index contributed by atoms with van der Waals surface area (Å²) in [6.07, 6.45) is 1.47. The smallest absolute Gasteiger partial charge is 0.339 e. The van der Waals surface area contributed by atoms with Gasteiger partial charge in [0.05, 0.1) is 0 Å². The number of hydrogen-bond acceptors (Lipinski definition) is 2. The first-order valence-electron chi connectivity index (χ1n) is 3.99. The molecular formula is C10H11O3. The molecule has 0 fully saturated rings.